The van der Waals surface area contributed by atoms with Crippen molar-refractivity contribution in [2.24, 2.45) is 0 Å². The Labute approximate surface area is 291 Å². The van der Waals surface area contributed by atoms with Gasteiger partial charge in [0.15, 0.2) is 11.6 Å². The second-order valence-electron chi connectivity index (χ2n) is 7.88. The fourth-order valence-electron chi connectivity index (χ4n) is 3.12. The molecule has 0 saturated carbocycles. The zero-order chi connectivity index (χ0) is 33.7. The number of nitrogens with one attached hydrogen (secondary N) is 2. The van der Waals surface area contributed by atoms with Crippen molar-refractivity contribution in [1.29, 1.82) is 0 Å². The van der Waals surface area contributed by atoms with E-state index in [1.807, 2.05) is 70.3 Å². The Morgan fingerprint density at radius 1 is 0.638 bits per heavy atom. The Morgan fingerprint density at radius 3 is 1.21 bits per heavy atom. The van der Waals surface area contributed by atoms with Crippen LogP contribution in [0.4, 0.5) is 0 Å². The van der Waals surface area contributed by atoms with Crippen molar-refractivity contribution in [3.05, 3.63) is 70.3 Å². The maximum absolute atomic E-state index is 9.41. The number of nitrogens with zero attached hydrogens (tertiary/aromatic N) is 4. The van der Waals surface area contributed by atoms with Gasteiger partial charge in [0.2, 0.25) is 0 Å². The molecule has 0 spiro atoms. The number of aromatic nitrogens is 6. The number of benzene rings is 2. The van der Waals surface area contributed by atoms with E-state index in [0.29, 0.717) is 0 Å². The third kappa shape index (κ3) is 16.8. The van der Waals surface area contributed by atoms with Gasteiger partial charge in [0.1, 0.15) is 11.4 Å². The average Bonchev–Trinajstić information content (AvgIpc) is 3.84. The molecule has 0 bridgehead atoms. The van der Waals surface area contributed by atoms with E-state index in [1.165, 1.54) is 0 Å². The molecule has 3 atom stereocenters. The molecule has 2 N–H and O–H groups in total. The van der Waals surface area contributed by atoms with Crippen LogP contribution in [0.3, 0.4) is 0 Å². The molecule has 21 heteroatoms. The fraction of sp³-hybridized carbons (Fsp3) is 0.231. The van der Waals surface area contributed by atoms with Crippen molar-refractivity contribution >= 4 is 86.9 Å². The number of H-pyrrole nitrogens is 2. The molecular formula is C26H29AlN6O9P3S2+3. The topological polar surface area (TPSA) is 231 Å². The Bertz CT molecular complexity index is 1550. The number of para-hydroxylation sites is 4. The van der Waals surface area contributed by atoms with Crippen molar-refractivity contribution in [1.82, 2.24) is 29.9 Å². The van der Waals surface area contributed by atoms with Crippen LogP contribution in [0.1, 0.15) is 20.8 Å². The number of aromatic amines is 2. The van der Waals surface area contributed by atoms with E-state index < -0.39 is 24.8 Å². The van der Waals surface area contributed by atoms with Crippen molar-refractivity contribution in [2.45, 2.75) is 20.8 Å². The molecule has 244 valence electrons. The first-order valence-electron chi connectivity index (χ1n) is 13.2. The number of rotatable bonds is 8. The SMILES string of the molecule is CCO[P+](=O)[O-].CCO[P+](=O)[O-].CCO[P+](=O)[O-].[Al+3].c1ccc2[nH]c(-c3cscn3)nc2c1.c1ccc2[nH]c(-c3cscn3)nc2c1. The van der Waals surface area contributed by atoms with E-state index >= 15 is 0 Å². The minimum Gasteiger partial charge on any atom is -0.566 e. The summed E-state index contributed by atoms with van der Waals surface area (Å²) in [6, 6.07) is 15.9. The van der Waals surface area contributed by atoms with Crippen LogP contribution in [-0.2, 0) is 27.3 Å². The van der Waals surface area contributed by atoms with Crippen LogP contribution in [-0.4, -0.2) is 67.1 Å². The summed E-state index contributed by atoms with van der Waals surface area (Å²) >= 11 is 3.15. The van der Waals surface area contributed by atoms with Gasteiger partial charge in [-0.2, -0.15) is 0 Å². The molecule has 0 fully saturated rings. The molecule has 0 saturated heterocycles. The van der Waals surface area contributed by atoms with Gasteiger partial charge in [0.05, 0.1) is 52.9 Å². The molecule has 6 rings (SSSR count). The average molecular weight is 754 g/mol. The Hall–Kier alpha value is -2.77. The van der Waals surface area contributed by atoms with Gasteiger partial charge in [-0.15, -0.1) is 36.2 Å². The summed E-state index contributed by atoms with van der Waals surface area (Å²) in [7, 11) is -7.80. The van der Waals surface area contributed by atoms with Crippen molar-refractivity contribution in [3.8, 4) is 23.0 Å². The van der Waals surface area contributed by atoms with Crippen molar-refractivity contribution in [3.63, 3.8) is 0 Å². The van der Waals surface area contributed by atoms with Gasteiger partial charge in [-0.25, -0.2) is 19.9 Å². The zero-order valence-corrected chi connectivity index (χ0v) is 30.7. The number of imidazole rings is 2. The van der Waals surface area contributed by atoms with E-state index in [1.54, 1.807) is 43.4 Å². The van der Waals surface area contributed by atoms with Crippen LogP contribution in [0.5, 0.6) is 0 Å². The summed E-state index contributed by atoms with van der Waals surface area (Å²) in [5, 5.41) is 3.97. The molecule has 0 aliphatic carbocycles. The summed E-state index contributed by atoms with van der Waals surface area (Å²) in [5.74, 6) is 1.68. The normalized spacial score (nSPS) is 10.8. The third-order valence-electron chi connectivity index (χ3n) is 4.83. The van der Waals surface area contributed by atoms with E-state index in [2.05, 4.69) is 43.5 Å². The molecule has 3 unspecified atom stereocenters. The summed E-state index contributed by atoms with van der Waals surface area (Å²) < 4.78 is 40.2. The third-order valence-corrected chi connectivity index (χ3v) is 7.41. The summed E-state index contributed by atoms with van der Waals surface area (Å²) in [6.45, 7) is 5.55. The standard InChI is InChI=1S/2C10H7N3S.3C2H5O3P.Al/c2*1-2-4-8-7(3-1)12-10(13-8)9-5-14-6-11-9;3*1-2-5-6(3)4;/h2*1-6H,(H,12,13);3*2H2,1H3;/q;;;;;+3. The van der Waals surface area contributed by atoms with Crippen LogP contribution in [0.2, 0.25) is 0 Å². The van der Waals surface area contributed by atoms with E-state index in [9.17, 15) is 28.4 Å². The van der Waals surface area contributed by atoms with Crippen LogP contribution in [0.15, 0.2) is 70.3 Å². The minimum absolute atomic E-state index is 0. The van der Waals surface area contributed by atoms with Gasteiger partial charge in [0.25, 0.3) is 0 Å². The van der Waals surface area contributed by atoms with Gasteiger partial charge >= 0.3 is 42.1 Å². The second-order valence-corrected chi connectivity index (χ2v) is 11.4. The summed E-state index contributed by atoms with van der Waals surface area (Å²) in [4.78, 5) is 52.0. The van der Waals surface area contributed by atoms with Gasteiger partial charge in [-0.3, -0.25) is 0 Å². The first kappa shape index (κ1) is 42.3. The Kier molecular flexibility index (Phi) is 21.9. The Morgan fingerprint density at radius 2 is 0.979 bits per heavy atom. The summed E-state index contributed by atoms with van der Waals surface area (Å²) in [6.07, 6.45) is 0. The molecule has 47 heavy (non-hydrogen) atoms. The molecule has 0 amide bonds. The monoisotopic (exact) mass is 753 g/mol. The molecule has 4 heterocycles. The molecule has 4 aromatic heterocycles. The maximum Gasteiger partial charge on any atom is 3.00 e. The molecular weight excluding hydrogens is 724 g/mol. The molecule has 15 nitrogen and oxygen atoms in total. The fourth-order valence-corrected chi connectivity index (χ4v) is 4.83. The zero-order valence-electron chi connectivity index (χ0n) is 25.2. The quantitative estimate of drug-likeness (QED) is 0.152. The first-order chi connectivity index (χ1) is 22.2. The van der Waals surface area contributed by atoms with Crippen LogP contribution < -0.4 is 14.7 Å². The van der Waals surface area contributed by atoms with Crippen LogP contribution in [0, 0.1) is 0 Å². The number of thiazole rings is 2. The molecule has 0 aliphatic rings. The van der Waals surface area contributed by atoms with Crippen LogP contribution >= 0.6 is 47.4 Å². The van der Waals surface area contributed by atoms with E-state index in [0.717, 1.165) is 45.1 Å². The van der Waals surface area contributed by atoms with Gasteiger partial charge in [-0.1, -0.05) is 24.3 Å². The number of fused-ring (bicyclic) bond motifs is 2. The van der Waals surface area contributed by atoms with Crippen molar-refractivity contribution in [2.75, 3.05) is 19.8 Å². The first-order valence-corrected chi connectivity index (χ1v) is 18.3. The van der Waals surface area contributed by atoms with E-state index in [-0.39, 0.29) is 37.2 Å². The molecule has 0 radical (unpaired) electrons. The smallest absolute Gasteiger partial charge is 0.566 e. The molecule has 2 aromatic carbocycles. The second kappa shape index (κ2) is 24.4. The maximum atomic E-state index is 9.41. The number of hydrogen-bond acceptors (Lipinski definition) is 15. The van der Waals surface area contributed by atoms with Gasteiger partial charge < -0.3 is 24.6 Å². The van der Waals surface area contributed by atoms with Gasteiger partial charge in [-0.05, 0) is 58.7 Å². The number of hydrogen-bond donors (Lipinski definition) is 2. The molecule has 0 aliphatic heterocycles. The predicted molar refractivity (Wildman–Crippen MR) is 178 cm³/mol. The largest absolute Gasteiger partial charge is 3.00 e. The van der Waals surface area contributed by atoms with Crippen molar-refractivity contribution < 1.29 is 41.9 Å². The minimum atomic E-state index is -2.60. The summed E-state index contributed by atoms with van der Waals surface area (Å²) in [5.41, 5.74) is 9.50. The predicted octanol–water partition coefficient (Wildman–Crippen LogP) is 5.11. The molecule has 6 aromatic rings. The van der Waals surface area contributed by atoms with Gasteiger partial charge in [0, 0.05) is 10.8 Å². The van der Waals surface area contributed by atoms with Crippen LogP contribution in [0.25, 0.3) is 45.1 Å². The van der Waals surface area contributed by atoms with E-state index in [4.69, 9.17) is 0 Å². The Balaban J connectivity index is 0.000000314.